The Bertz CT molecular complexity index is 356. The molecule has 0 aliphatic heterocycles. The number of carbonyl (C=O) groups excluding carboxylic acids is 1. The predicted octanol–water partition coefficient (Wildman–Crippen LogP) is 2.46. The van der Waals surface area contributed by atoms with Crippen LogP contribution in [0.4, 0.5) is 13.2 Å². The van der Waals surface area contributed by atoms with Crippen LogP contribution in [0.2, 0.25) is 0 Å². The first-order valence-electron chi connectivity index (χ1n) is 6.75. The Morgan fingerprint density at radius 1 is 1.37 bits per heavy atom. The normalized spacial score (nSPS) is 40.1. The average Bonchev–Trinajstić information content (AvgIpc) is 2.44. The van der Waals surface area contributed by atoms with Crippen LogP contribution < -0.4 is 0 Å². The molecule has 0 aromatic heterocycles. The SMILES string of the molecule is CCO[C@H]1C[C@](O)(C(F)(F)F)[C@@H]2CCCC[C@H]1C2=O. The molecule has 0 spiro atoms. The summed E-state index contributed by atoms with van der Waals surface area (Å²) in [5, 5.41) is 10.1. The van der Waals surface area contributed by atoms with Gasteiger partial charge in [0.15, 0.2) is 5.60 Å². The second kappa shape index (κ2) is 5.05. The highest BCUT2D eigenvalue weighted by Crippen LogP contribution is 2.50. The number of ketones is 1. The van der Waals surface area contributed by atoms with E-state index in [2.05, 4.69) is 0 Å². The summed E-state index contributed by atoms with van der Waals surface area (Å²) in [5.41, 5.74) is -2.93. The smallest absolute Gasteiger partial charge is 0.380 e. The highest BCUT2D eigenvalue weighted by Gasteiger charge is 2.65. The van der Waals surface area contributed by atoms with Gasteiger partial charge in [-0.3, -0.25) is 4.79 Å². The molecule has 2 saturated carbocycles. The van der Waals surface area contributed by atoms with E-state index in [1.54, 1.807) is 6.92 Å². The Labute approximate surface area is 110 Å². The van der Waals surface area contributed by atoms with Crippen molar-refractivity contribution in [1.29, 1.82) is 0 Å². The number of rotatable bonds is 2. The summed E-state index contributed by atoms with van der Waals surface area (Å²) >= 11 is 0. The summed E-state index contributed by atoms with van der Waals surface area (Å²) in [6, 6.07) is 0. The zero-order valence-electron chi connectivity index (χ0n) is 10.9. The maximum absolute atomic E-state index is 13.2. The van der Waals surface area contributed by atoms with E-state index in [0.29, 0.717) is 19.3 Å². The molecule has 3 nitrogen and oxygen atoms in total. The quantitative estimate of drug-likeness (QED) is 0.845. The van der Waals surface area contributed by atoms with Crippen molar-refractivity contribution in [3.63, 3.8) is 0 Å². The Hall–Kier alpha value is -0.620. The monoisotopic (exact) mass is 280 g/mol. The van der Waals surface area contributed by atoms with Gasteiger partial charge >= 0.3 is 6.18 Å². The van der Waals surface area contributed by atoms with Crippen LogP contribution >= 0.6 is 0 Å². The van der Waals surface area contributed by atoms with Crippen molar-refractivity contribution in [3.8, 4) is 0 Å². The minimum absolute atomic E-state index is 0.115. The lowest BCUT2D eigenvalue weighted by molar-refractivity contribution is -0.294. The number of fused-ring (bicyclic) bond motifs is 2. The van der Waals surface area contributed by atoms with Crippen molar-refractivity contribution < 1.29 is 27.8 Å². The molecule has 2 bridgehead atoms. The van der Waals surface area contributed by atoms with Gasteiger partial charge in [0.05, 0.1) is 12.0 Å². The van der Waals surface area contributed by atoms with Gasteiger partial charge in [0.25, 0.3) is 0 Å². The number of ether oxygens (including phenoxy) is 1. The van der Waals surface area contributed by atoms with Gasteiger partial charge in [-0.25, -0.2) is 0 Å². The second-order valence-electron chi connectivity index (χ2n) is 5.47. The summed E-state index contributed by atoms with van der Waals surface area (Å²) in [6.45, 7) is 1.92. The van der Waals surface area contributed by atoms with E-state index in [-0.39, 0.29) is 13.0 Å². The Balaban J connectivity index is 2.37. The van der Waals surface area contributed by atoms with E-state index < -0.39 is 41.9 Å². The van der Waals surface area contributed by atoms with Crippen molar-refractivity contribution in [3.05, 3.63) is 0 Å². The van der Waals surface area contributed by atoms with Crippen molar-refractivity contribution in [2.45, 2.75) is 56.9 Å². The van der Waals surface area contributed by atoms with Gasteiger partial charge in [-0.05, 0) is 19.8 Å². The largest absolute Gasteiger partial charge is 0.417 e. The summed E-state index contributed by atoms with van der Waals surface area (Å²) in [5.74, 6) is -2.28. The first-order chi connectivity index (χ1) is 8.81. The van der Waals surface area contributed by atoms with Gasteiger partial charge in [0.2, 0.25) is 0 Å². The highest BCUT2D eigenvalue weighted by atomic mass is 19.4. The third kappa shape index (κ3) is 2.40. The molecule has 19 heavy (non-hydrogen) atoms. The fraction of sp³-hybridized carbons (Fsp3) is 0.923. The van der Waals surface area contributed by atoms with Crippen LogP contribution in [0.3, 0.4) is 0 Å². The summed E-state index contributed by atoms with van der Waals surface area (Å²) in [6.07, 6.45) is -4.20. The average molecular weight is 280 g/mol. The van der Waals surface area contributed by atoms with Crippen molar-refractivity contribution >= 4 is 5.78 Å². The van der Waals surface area contributed by atoms with Gasteiger partial charge < -0.3 is 9.84 Å². The van der Waals surface area contributed by atoms with Crippen LogP contribution in [-0.2, 0) is 9.53 Å². The van der Waals surface area contributed by atoms with E-state index in [4.69, 9.17) is 4.74 Å². The van der Waals surface area contributed by atoms with Crippen LogP contribution in [0.15, 0.2) is 0 Å². The predicted molar refractivity (Wildman–Crippen MR) is 61.5 cm³/mol. The number of carbonyl (C=O) groups is 1. The number of alkyl halides is 3. The molecule has 1 N–H and O–H groups in total. The molecule has 6 heteroatoms. The molecule has 4 atom stereocenters. The Morgan fingerprint density at radius 3 is 2.58 bits per heavy atom. The van der Waals surface area contributed by atoms with E-state index in [1.807, 2.05) is 0 Å². The maximum Gasteiger partial charge on any atom is 0.417 e. The molecule has 0 unspecified atom stereocenters. The molecular formula is C13H19F3O3. The van der Waals surface area contributed by atoms with E-state index >= 15 is 0 Å². The zero-order chi connectivity index (χ0) is 14.3. The summed E-state index contributed by atoms with van der Waals surface area (Å²) in [4.78, 5) is 12.2. The molecule has 0 radical (unpaired) electrons. The van der Waals surface area contributed by atoms with E-state index in [9.17, 15) is 23.1 Å². The molecule has 2 fully saturated rings. The van der Waals surface area contributed by atoms with Gasteiger partial charge in [-0.15, -0.1) is 0 Å². The van der Waals surface area contributed by atoms with Gasteiger partial charge in [0.1, 0.15) is 5.78 Å². The van der Waals surface area contributed by atoms with Crippen molar-refractivity contribution in [2.75, 3.05) is 6.61 Å². The Morgan fingerprint density at radius 2 is 2.00 bits per heavy atom. The summed E-state index contributed by atoms with van der Waals surface area (Å²) < 4.78 is 44.8. The second-order valence-corrected chi connectivity index (χ2v) is 5.47. The first kappa shape index (κ1) is 14.8. The lowest BCUT2D eigenvalue weighted by atomic mass is 9.67. The fourth-order valence-corrected chi connectivity index (χ4v) is 3.39. The molecule has 0 saturated heterocycles. The maximum atomic E-state index is 13.2. The number of aliphatic hydroxyl groups is 1. The highest BCUT2D eigenvalue weighted by molar-refractivity contribution is 5.86. The van der Waals surface area contributed by atoms with Gasteiger partial charge in [-0.2, -0.15) is 13.2 Å². The van der Waals surface area contributed by atoms with Crippen LogP contribution in [0.5, 0.6) is 0 Å². The number of hydrogen-bond acceptors (Lipinski definition) is 3. The molecule has 2 rings (SSSR count). The van der Waals surface area contributed by atoms with Crippen LogP contribution in [0.25, 0.3) is 0 Å². The molecule has 0 aromatic rings. The minimum atomic E-state index is -4.79. The molecule has 2 aliphatic rings. The zero-order valence-corrected chi connectivity index (χ0v) is 10.9. The lowest BCUT2D eigenvalue weighted by Gasteiger charge is -2.45. The lowest BCUT2D eigenvalue weighted by Crippen LogP contribution is -2.61. The molecule has 0 aromatic carbocycles. The fourth-order valence-electron chi connectivity index (χ4n) is 3.39. The third-order valence-electron chi connectivity index (χ3n) is 4.38. The number of Topliss-reactive ketones (excluding diaryl/α,β-unsaturated/α-hetero) is 1. The molecular weight excluding hydrogens is 261 g/mol. The third-order valence-corrected chi connectivity index (χ3v) is 4.38. The topological polar surface area (TPSA) is 46.5 Å². The minimum Gasteiger partial charge on any atom is -0.380 e. The molecule has 0 heterocycles. The van der Waals surface area contributed by atoms with Crippen molar-refractivity contribution in [1.82, 2.24) is 0 Å². The number of halogens is 3. The molecule has 2 aliphatic carbocycles. The van der Waals surface area contributed by atoms with E-state index in [0.717, 1.165) is 0 Å². The molecule has 0 amide bonds. The molecule has 110 valence electrons. The first-order valence-corrected chi connectivity index (χ1v) is 6.75. The van der Waals surface area contributed by atoms with Crippen LogP contribution in [0, 0.1) is 11.8 Å². The van der Waals surface area contributed by atoms with Crippen molar-refractivity contribution in [2.24, 2.45) is 11.8 Å². The Kier molecular flexibility index (Phi) is 3.93. The number of hydrogen-bond donors (Lipinski definition) is 1. The van der Waals surface area contributed by atoms with Gasteiger partial charge in [0, 0.05) is 18.9 Å². The van der Waals surface area contributed by atoms with Crippen LogP contribution in [0.1, 0.15) is 39.0 Å². The standard InChI is InChI=1S/C13H19F3O3/c1-2-19-10-7-12(18,13(14,15)16)9-6-4-3-5-8(10)11(9)17/h8-10,18H,2-7H2,1H3/t8-,9-,10+,12-/m1/s1. The van der Waals surface area contributed by atoms with E-state index in [1.165, 1.54) is 0 Å². The van der Waals surface area contributed by atoms with Gasteiger partial charge in [-0.1, -0.05) is 12.8 Å². The van der Waals surface area contributed by atoms with Crippen LogP contribution in [-0.4, -0.2) is 35.4 Å². The summed E-state index contributed by atoms with van der Waals surface area (Å²) in [7, 11) is 0.